The summed E-state index contributed by atoms with van der Waals surface area (Å²) in [4.78, 5) is 57.2. The lowest BCUT2D eigenvalue weighted by Gasteiger charge is -2.33. The van der Waals surface area contributed by atoms with E-state index in [1.165, 1.54) is 0 Å². The molecule has 0 aromatic rings. The summed E-state index contributed by atoms with van der Waals surface area (Å²) in [7, 11) is 0. The molecule has 4 fully saturated rings. The van der Waals surface area contributed by atoms with Gasteiger partial charge >= 0.3 is 0 Å². The summed E-state index contributed by atoms with van der Waals surface area (Å²) in [5, 5.41) is 0. The van der Waals surface area contributed by atoms with Gasteiger partial charge in [0.1, 0.15) is 0 Å². The first-order chi connectivity index (χ1) is 17.5. The van der Waals surface area contributed by atoms with Crippen molar-refractivity contribution < 1.29 is 19.2 Å². The van der Waals surface area contributed by atoms with Crippen LogP contribution < -0.4 is 0 Å². The number of rotatable bonds is 15. The van der Waals surface area contributed by atoms with Gasteiger partial charge in [-0.2, -0.15) is 0 Å². The van der Waals surface area contributed by atoms with Gasteiger partial charge in [0.25, 0.3) is 0 Å². The summed E-state index contributed by atoms with van der Waals surface area (Å²) in [6, 6.07) is 0.466. The van der Waals surface area contributed by atoms with Crippen molar-refractivity contribution >= 4 is 23.6 Å². The van der Waals surface area contributed by atoms with Crippen molar-refractivity contribution in [2.45, 2.75) is 115 Å². The minimum absolute atomic E-state index is 0.233. The molecule has 4 rings (SSSR count). The first-order valence-corrected chi connectivity index (χ1v) is 14.7. The van der Waals surface area contributed by atoms with Gasteiger partial charge in [0.15, 0.2) is 0 Å². The van der Waals surface area contributed by atoms with E-state index in [0.717, 1.165) is 116 Å². The molecule has 0 bridgehead atoms. The predicted molar refractivity (Wildman–Crippen MR) is 138 cm³/mol. The van der Waals surface area contributed by atoms with Gasteiger partial charge in [-0.05, 0) is 77.0 Å². The van der Waals surface area contributed by atoms with Crippen LogP contribution in [0, 0.1) is 0 Å². The smallest absolute Gasteiger partial charge is 0.222 e. The maximum absolute atomic E-state index is 12.6. The Kier molecular flexibility index (Phi) is 10.0. The molecule has 0 aliphatic carbocycles. The maximum atomic E-state index is 12.6. The minimum Gasteiger partial charge on any atom is -0.343 e. The van der Waals surface area contributed by atoms with Crippen molar-refractivity contribution in [1.82, 2.24) is 19.6 Å². The van der Waals surface area contributed by atoms with Crippen molar-refractivity contribution in [3.8, 4) is 0 Å². The molecule has 202 valence electrons. The fourth-order valence-corrected chi connectivity index (χ4v) is 6.65. The van der Waals surface area contributed by atoms with Gasteiger partial charge < -0.3 is 19.6 Å². The molecular formula is C28H46N4O4. The van der Waals surface area contributed by atoms with Gasteiger partial charge in [0, 0.05) is 77.0 Å². The Hall–Kier alpha value is -2.12. The molecule has 4 heterocycles. The Morgan fingerprint density at radius 1 is 0.472 bits per heavy atom. The predicted octanol–water partition coefficient (Wildman–Crippen LogP) is 3.33. The fourth-order valence-electron chi connectivity index (χ4n) is 6.65. The van der Waals surface area contributed by atoms with Crippen molar-refractivity contribution in [3.63, 3.8) is 0 Å². The number of nitrogens with zero attached hydrogens (tertiary/aromatic N) is 4. The fraction of sp³-hybridized carbons (Fsp3) is 0.857. The van der Waals surface area contributed by atoms with Gasteiger partial charge in [0.2, 0.25) is 23.6 Å². The van der Waals surface area contributed by atoms with Crippen LogP contribution in [0.25, 0.3) is 0 Å². The van der Waals surface area contributed by atoms with E-state index in [9.17, 15) is 19.2 Å². The second kappa shape index (κ2) is 13.4. The molecule has 4 amide bonds. The highest BCUT2D eigenvalue weighted by Gasteiger charge is 2.32. The van der Waals surface area contributed by atoms with Crippen molar-refractivity contribution in [3.05, 3.63) is 0 Å². The number of carbonyl (C=O) groups excluding carboxylic acids is 4. The first kappa shape index (κ1) is 26.9. The van der Waals surface area contributed by atoms with Crippen LogP contribution in [0.2, 0.25) is 0 Å². The summed E-state index contributed by atoms with van der Waals surface area (Å²) in [5.74, 6) is 1.12. The van der Waals surface area contributed by atoms with E-state index in [1.54, 1.807) is 0 Å². The highest BCUT2D eigenvalue weighted by molar-refractivity contribution is 5.79. The Balaban J connectivity index is 1.27. The molecule has 0 aromatic carbocycles. The summed E-state index contributed by atoms with van der Waals surface area (Å²) < 4.78 is 0. The number of likely N-dealkylation sites (tertiary alicyclic amines) is 4. The van der Waals surface area contributed by atoms with Gasteiger partial charge in [0.05, 0.1) is 0 Å². The van der Waals surface area contributed by atoms with E-state index in [-0.39, 0.29) is 35.7 Å². The molecule has 0 saturated carbocycles. The zero-order valence-electron chi connectivity index (χ0n) is 22.1. The van der Waals surface area contributed by atoms with Gasteiger partial charge in [-0.1, -0.05) is 0 Å². The topological polar surface area (TPSA) is 81.2 Å². The average molecular weight is 503 g/mol. The second-order valence-corrected chi connectivity index (χ2v) is 11.2. The monoisotopic (exact) mass is 502 g/mol. The van der Waals surface area contributed by atoms with E-state index >= 15 is 0 Å². The van der Waals surface area contributed by atoms with Crippen LogP contribution in [0.4, 0.5) is 0 Å². The third-order valence-corrected chi connectivity index (χ3v) is 8.71. The quantitative estimate of drug-likeness (QED) is 0.322. The lowest BCUT2D eigenvalue weighted by Crippen LogP contribution is -2.40. The molecule has 2 unspecified atom stereocenters. The Labute approximate surface area is 216 Å². The van der Waals surface area contributed by atoms with E-state index in [2.05, 4.69) is 9.80 Å². The highest BCUT2D eigenvalue weighted by atomic mass is 16.2. The molecule has 0 N–H and O–H groups in total. The molecule has 0 aromatic heterocycles. The summed E-state index contributed by atoms with van der Waals surface area (Å²) in [6.45, 7) is 5.17. The van der Waals surface area contributed by atoms with Gasteiger partial charge in [-0.25, -0.2) is 0 Å². The molecule has 2 atom stereocenters. The first-order valence-electron chi connectivity index (χ1n) is 14.7. The van der Waals surface area contributed by atoms with E-state index < -0.39 is 0 Å². The number of unbranched alkanes of at least 4 members (excludes halogenated alkanes) is 2. The largest absolute Gasteiger partial charge is 0.343 e. The average Bonchev–Trinajstić information content (AvgIpc) is 3.66. The summed E-state index contributed by atoms with van der Waals surface area (Å²) in [5.41, 5.74) is 0. The number of amides is 4. The lowest BCUT2D eigenvalue weighted by atomic mass is 9.96. The van der Waals surface area contributed by atoms with Gasteiger partial charge in [-0.3, -0.25) is 19.2 Å². The maximum Gasteiger partial charge on any atom is 0.222 e. The molecular weight excluding hydrogens is 456 g/mol. The van der Waals surface area contributed by atoms with E-state index in [1.807, 2.05) is 9.80 Å². The van der Waals surface area contributed by atoms with Crippen LogP contribution in [0.1, 0.15) is 103 Å². The summed E-state index contributed by atoms with van der Waals surface area (Å²) in [6.07, 6.45) is 14.4. The second-order valence-electron chi connectivity index (χ2n) is 11.2. The van der Waals surface area contributed by atoms with Crippen LogP contribution in [0.15, 0.2) is 0 Å². The van der Waals surface area contributed by atoms with Crippen LogP contribution in [-0.2, 0) is 19.2 Å². The Morgan fingerprint density at radius 2 is 0.861 bits per heavy atom. The van der Waals surface area contributed by atoms with E-state index in [4.69, 9.17) is 0 Å². The molecule has 36 heavy (non-hydrogen) atoms. The molecule has 4 aliphatic heterocycles. The number of hydrogen-bond donors (Lipinski definition) is 0. The van der Waals surface area contributed by atoms with Crippen molar-refractivity contribution in [1.29, 1.82) is 0 Å². The minimum atomic E-state index is 0.233. The van der Waals surface area contributed by atoms with Crippen LogP contribution in [-0.4, -0.2) is 94.6 Å². The van der Waals surface area contributed by atoms with Crippen molar-refractivity contribution in [2.24, 2.45) is 0 Å². The third kappa shape index (κ3) is 7.22. The van der Waals surface area contributed by atoms with Gasteiger partial charge in [-0.15, -0.1) is 0 Å². The molecule has 4 aliphatic rings. The Bertz CT molecular complexity index is 724. The molecule has 0 spiro atoms. The third-order valence-electron chi connectivity index (χ3n) is 8.71. The van der Waals surface area contributed by atoms with Crippen molar-refractivity contribution in [2.75, 3.05) is 39.3 Å². The molecule has 8 nitrogen and oxygen atoms in total. The van der Waals surface area contributed by atoms with Crippen LogP contribution in [0.5, 0.6) is 0 Å². The number of hydrogen-bond acceptors (Lipinski definition) is 4. The zero-order chi connectivity index (χ0) is 25.3. The number of carbonyl (C=O) groups is 4. The zero-order valence-corrected chi connectivity index (χ0v) is 22.1. The lowest BCUT2D eigenvalue weighted by molar-refractivity contribution is -0.132. The van der Waals surface area contributed by atoms with E-state index in [0.29, 0.717) is 25.7 Å². The Morgan fingerprint density at radius 3 is 1.19 bits per heavy atom. The van der Waals surface area contributed by atoms with Crippen LogP contribution in [0.3, 0.4) is 0 Å². The molecule has 0 radical (unpaired) electrons. The molecule has 4 saturated heterocycles. The standard InChI is InChI=1S/C28H46N4O4/c33-25-11-5-19-29(25)17-3-1-9-23(31-21-7-13-27(31)35)15-16-24(32-22-8-14-28(32)36)10-2-4-18-30-20-6-12-26(30)34/h23-24H,1-22H2. The highest BCUT2D eigenvalue weighted by Crippen LogP contribution is 2.27. The summed E-state index contributed by atoms with van der Waals surface area (Å²) >= 11 is 0. The molecule has 8 heteroatoms. The van der Waals surface area contributed by atoms with Crippen LogP contribution >= 0.6 is 0 Å². The normalized spacial score (nSPS) is 22.6. The SMILES string of the molecule is O=C1CCCN1CCCCC(CCC(CCCCN1CCCC1=O)N1CCCC1=O)N1CCCC1=O.